The first-order valence-electron chi connectivity index (χ1n) is 11.9. The fourth-order valence-corrected chi connectivity index (χ4v) is 8.08. The van der Waals surface area contributed by atoms with E-state index < -0.39 is 16.1 Å². The zero-order valence-electron chi connectivity index (χ0n) is 19.7. The van der Waals surface area contributed by atoms with Gasteiger partial charge in [0.1, 0.15) is 6.04 Å². The van der Waals surface area contributed by atoms with E-state index in [1.165, 1.54) is 4.31 Å². The number of hydrogen-bond donors (Lipinski definition) is 1. The zero-order chi connectivity index (χ0) is 23.8. The highest BCUT2D eigenvalue weighted by molar-refractivity contribution is 8.01. The standard InChI is InChI=1S/C23H34N4O4S2/c1-4-25(5-2)19-10-9-17(33(30,31)26-13-7-6-8-14-26)15-18(19)24-22(29)20-16-32-23(3)12-11-21(28)27(20)23/h9-10,15,20H,4-8,11-14,16H2,1-3H3,(H,24,29)/t20-,23-/m0/s1. The van der Waals surface area contributed by atoms with Crippen LogP contribution in [0.1, 0.15) is 52.9 Å². The normalized spacial score (nSPS) is 25.8. The minimum atomic E-state index is -3.63. The molecule has 1 N–H and O–H groups in total. The summed E-state index contributed by atoms with van der Waals surface area (Å²) in [5.41, 5.74) is 1.26. The molecule has 182 valence electrons. The summed E-state index contributed by atoms with van der Waals surface area (Å²) in [7, 11) is -3.63. The van der Waals surface area contributed by atoms with Crippen molar-refractivity contribution < 1.29 is 18.0 Å². The first-order valence-corrected chi connectivity index (χ1v) is 14.3. The van der Waals surface area contributed by atoms with Gasteiger partial charge in [0.05, 0.1) is 21.1 Å². The quantitative estimate of drug-likeness (QED) is 0.627. The molecule has 4 rings (SSSR count). The van der Waals surface area contributed by atoms with E-state index in [0.717, 1.165) is 44.5 Å². The van der Waals surface area contributed by atoms with Gasteiger partial charge in [0, 0.05) is 38.4 Å². The highest BCUT2D eigenvalue weighted by atomic mass is 32.2. The van der Waals surface area contributed by atoms with E-state index in [9.17, 15) is 18.0 Å². The minimum Gasteiger partial charge on any atom is -0.370 e. The number of fused-ring (bicyclic) bond motifs is 1. The number of hydrogen-bond acceptors (Lipinski definition) is 6. The molecule has 2 atom stereocenters. The zero-order valence-corrected chi connectivity index (χ0v) is 21.3. The Hall–Kier alpha value is -1.78. The van der Waals surface area contributed by atoms with Crippen LogP contribution in [0, 0.1) is 0 Å². The van der Waals surface area contributed by atoms with Gasteiger partial charge in [-0.05, 0) is 58.2 Å². The molecule has 1 aromatic carbocycles. The van der Waals surface area contributed by atoms with Crippen molar-refractivity contribution in [2.45, 2.75) is 68.7 Å². The van der Waals surface area contributed by atoms with Crippen LogP contribution in [0.3, 0.4) is 0 Å². The van der Waals surface area contributed by atoms with Gasteiger partial charge < -0.3 is 15.1 Å². The molecule has 0 unspecified atom stereocenters. The predicted molar refractivity (Wildman–Crippen MR) is 132 cm³/mol. The summed E-state index contributed by atoms with van der Waals surface area (Å²) in [6.07, 6.45) is 3.97. The topological polar surface area (TPSA) is 90.0 Å². The molecule has 3 aliphatic rings. The van der Waals surface area contributed by atoms with E-state index in [1.807, 2.05) is 20.8 Å². The number of rotatable bonds is 7. The van der Waals surface area contributed by atoms with Crippen molar-refractivity contribution >= 4 is 45.0 Å². The Morgan fingerprint density at radius 1 is 1.21 bits per heavy atom. The molecule has 3 saturated heterocycles. The number of piperidine rings is 1. The lowest BCUT2D eigenvalue weighted by molar-refractivity contribution is -0.135. The molecule has 0 spiro atoms. The molecule has 0 radical (unpaired) electrons. The molecule has 0 bridgehead atoms. The molecule has 33 heavy (non-hydrogen) atoms. The van der Waals surface area contributed by atoms with Gasteiger partial charge in [-0.15, -0.1) is 11.8 Å². The van der Waals surface area contributed by atoms with Crippen LogP contribution in [-0.4, -0.2) is 72.3 Å². The molecule has 1 aromatic rings. The van der Waals surface area contributed by atoms with E-state index >= 15 is 0 Å². The second-order valence-electron chi connectivity index (χ2n) is 9.07. The molecule has 3 aliphatic heterocycles. The third-order valence-electron chi connectivity index (χ3n) is 7.03. The first kappa shape index (κ1) is 24.3. The average molecular weight is 495 g/mol. The van der Waals surface area contributed by atoms with Crippen LogP contribution in [0.15, 0.2) is 23.1 Å². The van der Waals surface area contributed by atoms with Gasteiger partial charge in [-0.2, -0.15) is 4.31 Å². The van der Waals surface area contributed by atoms with Gasteiger partial charge in [-0.1, -0.05) is 6.42 Å². The Morgan fingerprint density at radius 3 is 2.58 bits per heavy atom. The minimum absolute atomic E-state index is 0.00745. The van der Waals surface area contributed by atoms with Crippen molar-refractivity contribution in [3.8, 4) is 0 Å². The number of carbonyl (C=O) groups is 2. The van der Waals surface area contributed by atoms with E-state index in [0.29, 0.717) is 31.0 Å². The van der Waals surface area contributed by atoms with E-state index in [2.05, 4.69) is 10.2 Å². The average Bonchev–Trinajstić information content (AvgIpc) is 3.31. The maximum Gasteiger partial charge on any atom is 0.248 e. The highest BCUT2D eigenvalue weighted by Gasteiger charge is 2.53. The van der Waals surface area contributed by atoms with E-state index in [1.54, 1.807) is 34.9 Å². The summed E-state index contributed by atoms with van der Waals surface area (Å²) in [5.74, 6) is 0.288. The highest BCUT2D eigenvalue weighted by Crippen LogP contribution is 2.47. The van der Waals surface area contributed by atoms with Crippen LogP contribution >= 0.6 is 11.8 Å². The first-order chi connectivity index (χ1) is 15.7. The Kier molecular flexibility index (Phi) is 6.98. The number of benzene rings is 1. The summed E-state index contributed by atoms with van der Waals surface area (Å²) in [6.45, 7) is 8.56. The molecule has 8 nitrogen and oxygen atoms in total. The number of thioether (sulfide) groups is 1. The molecular weight excluding hydrogens is 460 g/mol. The molecule has 0 aliphatic carbocycles. The molecule has 0 aromatic heterocycles. The SMILES string of the molecule is CCN(CC)c1ccc(S(=O)(=O)N2CCCCC2)cc1NC(=O)[C@@H]1CS[C@@]2(C)CCC(=O)N12. The van der Waals surface area contributed by atoms with Gasteiger partial charge in [0.2, 0.25) is 21.8 Å². The van der Waals surface area contributed by atoms with Crippen molar-refractivity contribution in [1.82, 2.24) is 9.21 Å². The van der Waals surface area contributed by atoms with E-state index in [4.69, 9.17) is 0 Å². The Balaban J connectivity index is 1.65. The third-order valence-corrected chi connectivity index (χ3v) is 10.4. The Labute approximate surface area is 201 Å². The summed E-state index contributed by atoms with van der Waals surface area (Å²) in [5, 5.41) is 3.00. The van der Waals surface area contributed by atoms with Crippen LogP contribution in [0.5, 0.6) is 0 Å². The van der Waals surface area contributed by atoms with Gasteiger partial charge in [-0.3, -0.25) is 9.59 Å². The van der Waals surface area contributed by atoms with Crippen LogP contribution < -0.4 is 10.2 Å². The lowest BCUT2D eigenvalue weighted by Crippen LogP contribution is -2.48. The van der Waals surface area contributed by atoms with Crippen molar-refractivity contribution in [3.63, 3.8) is 0 Å². The van der Waals surface area contributed by atoms with Crippen LogP contribution in [0.25, 0.3) is 0 Å². The van der Waals surface area contributed by atoms with Crippen LogP contribution in [0.4, 0.5) is 11.4 Å². The van der Waals surface area contributed by atoms with Crippen LogP contribution in [-0.2, 0) is 19.6 Å². The predicted octanol–water partition coefficient (Wildman–Crippen LogP) is 3.10. The van der Waals surface area contributed by atoms with E-state index in [-0.39, 0.29) is 21.6 Å². The number of anilines is 2. The van der Waals surface area contributed by atoms with Gasteiger partial charge >= 0.3 is 0 Å². The molecule has 3 heterocycles. The van der Waals surface area contributed by atoms with Crippen molar-refractivity contribution in [2.75, 3.05) is 42.1 Å². The summed E-state index contributed by atoms with van der Waals surface area (Å²) < 4.78 is 28.1. The summed E-state index contributed by atoms with van der Waals surface area (Å²) in [6, 6.07) is 4.46. The number of carbonyl (C=O) groups excluding carboxylic acids is 2. The van der Waals surface area contributed by atoms with Crippen molar-refractivity contribution in [2.24, 2.45) is 0 Å². The van der Waals surface area contributed by atoms with Crippen molar-refractivity contribution in [3.05, 3.63) is 18.2 Å². The monoisotopic (exact) mass is 494 g/mol. The fraction of sp³-hybridized carbons (Fsp3) is 0.652. The third kappa shape index (κ3) is 4.49. The van der Waals surface area contributed by atoms with Gasteiger partial charge in [-0.25, -0.2) is 8.42 Å². The Morgan fingerprint density at radius 2 is 1.91 bits per heavy atom. The Bertz CT molecular complexity index is 1020. The fourth-order valence-electron chi connectivity index (χ4n) is 5.10. The number of amides is 2. The lowest BCUT2D eigenvalue weighted by Gasteiger charge is -2.31. The molecular formula is C23H34N4O4S2. The number of sulfonamides is 1. The van der Waals surface area contributed by atoms with Gasteiger partial charge in [0.25, 0.3) is 0 Å². The second kappa shape index (κ2) is 9.46. The van der Waals surface area contributed by atoms with Crippen molar-refractivity contribution in [1.29, 1.82) is 0 Å². The molecule has 3 fully saturated rings. The second-order valence-corrected chi connectivity index (χ2v) is 12.5. The van der Waals surface area contributed by atoms with Crippen LogP contribution in [0.2, 0.25) is 0 Å². The molecule has 0 saturated carbocycles. The number of nitrogens with zero attached hydrogens (tertiary/aromatic N) is 3. The summed E-state index contributed by atoms with van der Waals surface area (Å²) >= 11 is 1.64. The lowest BCUT2D eigenvalue weighted by atomic mass is 10.2. The maximum absolute atomic E-state index is 13.4. The maximum atomic E-state index is 13.4. The van der Waals surface area contributed by atoms with Gasteiger partial charge in [0.15, 0.2) is 0 Å². The smallest absolute Gasteiger partial charge is 0.248 e. The number of nitrogens with one attached hydrogen (secondary N) is 1. The molecule has 10 heteroatoms. The summed E-state index contributed by atoms with van der Waals surface area (Å²) in [4.78, 5) is 29.5. The molecule has 2 amide bonds. The largest absolute Gasteiger partial charge is 0.370 e.